The number of benzene rings is 2. The number of aryl methyl sites for hydroxylation is 1. The molecule has 1 N–H and O–H groups in total. The lowest BCUT2D eigenvalue weighted by molar-refractivity contribution is 0.0701. The van der Waals surface area contributed by atoms with Crippen molar-refractivity contribution in [2.24, 2.45) is 0 Å². The third-order valence-corrected chi connectivity index (χ3v) is 5.23. The molecule has 2 aromatic heterocycles. The minimum atomic E-state index is -1.00. The van der Waals surface area contributed by atoms with Crippen LogP contribution in [0.15, 0.2) is 61.2 Å². The Labute approximate surface area is 163 Å². The number of carbonyl (C=O) groups is 1. The van der Waals surface area contributed by atoms with Crippen LogP contribution in [0.25, 0.3) is 16.3 Å². The van der Waals surface area contributed by atoms with Crippen LogP contribution in [0.5, 0.6) is 11.5 Å². The van der Waals surface area contributed by atoms with Crippen LogP contribution in [0, 0.1) is 12.7 Å². The molecule has 0 spiro atoms. The van der Waals surface area contributed by atoms with Gasteiger partial charge in [-0.2, -0.15) is 0 Å². The fraction of sp³-hybridized carbons (Fsp3) is 0.0500. The first-order valence-electron chi connectivity index (χ1n) is 8.29. The first kappa shape index (κ1) is 17.9. The van der Waals surface area contributed by atoms with Gasteiger partial charge in [0.2, 0.25) is 0 Å². The van der Waals surface area contributed by atoms with Gasteiger partial charge in [0, 0.05) is 18.0 Å². The molecule has 0 saturated heterocycles. The average molecular weight is 395 g/mol. The molecule has 0 bridgehead atoms. The molecular formula is C20H14FN3O3S. The van der Waals surface area contributed by atoms with Gasteiger partial charge in [-0.25, -0.2) is 19.2 Å². The van der Waals surface area contributed by atoms with Crippen molar-refractivity contribution in [1.82, 2.24) is 14.5 Å². The largest absolute Gasteiger partial charge is 0.477 e. The molecule has 0 fully saturated rings. The van der Waals surface area contributed by atoms with Crippen molar-refractivity contribution in [2.75, 3.05) is 0 Å². The quantitative estimate of drug-likeness (QED) is 0.518. The van der Waals surface area contributed by atoms with E-state index < -0.39 is 11.8 Å². The maximum Gasteiger partial charge on any atom is 0.347 e. The summed E-state index contributed by atoms with van der Waals surface area (Å²) in [6.45, 7) is 1.66. The number of hydrogen-bond donors (Lipinski definition) is 1. The minimum absolute atomic E-state index is 0.106. The van der Waals surface area contributed by atoms with Crippen LogP contribution >= 0.6 is 11.3 Å². The Bertz CT molecular complexity index is 1160. The highest BCUT2D eigenvalue weighted by Gasteiger charge is 2.17. The minimum Gasteiger partial charge on any atom is -0.477 e. The lowest BCUT2D eigenvalue weighted by Crippen LogP contribution is -1.97. The van der Waals surface area contributed by atoms with Gasteiger partial charge in [-0.05, 0) is 37.3 Å². The number of rotatable bonds is 5. The van der Waals surface area contributed by atoms with Crippen LogP contribution in [0.2, 0.25) is 0 Å². The summed E-state index contributed by atoms with van der Waals surface area (Å²) >= 11 is 1.10. The average Bonchev–Trinajstić information content (AvgIpc) is 3.34. The van der Waals surface area contributed by atoms with Gasteiger partial charge < -0.3 is 14.4 Å². The summed E-state index contributed by atoms with van der Waals surface area (Å²) in [6, 6.07) is 11.4. The number of carboxylic acid groups (broad SMARTS) is 1. The molecule has 0 atom stereocenters. The summed E-state index contributed by atoms with van der Waals surface area (Å²) in [5, 5.41) is 9.84. The number of hydrogen-bond acceptors (Lipinski definition) is 5. The fourth-order valence-corrected chi connectivity index (χ4v) is 3.61. The highest BCUT2D eigenvalue weighted by atomic mass is 32.1. The van der Waals surface area contributed by atoms with Gasteiger partial charge >= 0.3 is 5.97 Å². The van der Waals surface area contributed by atoms with Crippen molar-refractivity contribution in [3.63, 3.8) is 0 Å². The summed E-state index contributed by atoms with van der Waals surface area (Å²) in [5.41, 5.74) is 1.82. The second kappa shape index (κ2) is 7.24. The van der Waals surface area contributed by atoms with E-state index in [1.54, 1.807) is 60.5 Å². The Kier molecular flexibility index (Phi) is 4.62. The van der Waals surface area contributed by atoms with E-state index in [9.17, 15) is 14.3 Å². The number of halogens is 1. The lowest BCUT2D eigenvalue weighted by Gasteiger charge is -2.13. The molecule has 28 heavy (non-hydrogen) atoms. The molecule has 2 heterocycles. The number of para-hydroxylation sites is 1. The SMILES string of the molecule is Cc1nc(-c2ccc(Oc3ccccc3F)c(-n3ccnc3)c2)sc1C(=O)O. The molecule has 0 radical (unpaired) electrons. The van der Waals surface area contributed by atoms with E-state index in [0.717, 1.165) is 16.9 Å². The van der Waals surface area contributed by atoms with Crippen molar-refractivity contribution in [2.45, 2.75) is 6.92 Å². The van der Waals surface area contributed by atoms with E-state index in [2.05, 4.69) is 9.97 Å². The number of nitrogens with zero attached hydrogens (tertiary/aromatic N) is 3. The zero-order chi connectivity index (χ0) is 19.7. The Morgan fingerprint density at radius 1 is 1.21 bits per heavy atom. The van der Waals surface area contributed by atoms with Crippen LogP contribution < -0.4 is 4.74 Å². The summed E-state index contributed by atoms with van der Waals surface area (Å²) in [6.07, 6.45) is 4.96. The van der Waals surface area contributed by atoms with E-state index >= 15 is 0 Å². The lowest BCUT2D eigenvalue weighted by atomic mass is 10.2. The third-order valence-electron chi connectivity index (χ3n) is 4.04. The zero-order valence-electron chi connectivity index (χ0n) is 14.7. The van der Waals surface area contributed by atoms with Gasteiger partial charge in [-0.1, -0.05) is 12.1 Å². The van der Waals surface area contributed by atoms with Crippen molar-refractivity contribution in [3.8, 4) is 27.8 Å². The predicted molar refractivity (Wildman–Crippen MR) is 103 cm³/mol. The van der Waals surface area contributed by atoms with Crippen molar-refractivity contribution >= 4 is 17.3 Å². The van der Waals surface area contributed by atoms with E-state index in [4.69, 9.17) is 4.74 Å². The molecule has 6 nitrogen and oxygen atoms in total. The standard InChI is InChI=1S/C20H14FN3O3S/c1-12-18(20(25)26)28-19(23-12)13-6-7-17(15(10-13)24-9-8-22-11-24)27-16-5-3-2-4-14(16)21/h2-11H,1H3,(H,25,26). The maximum absolute atomic E-state index is 14.0. The monoisotopic (exact) mass is 395 g/mol. The molecule has 140 valence electrons. The number of thiazole rings is 1. The molecule has 0 aliphatic heterocycles. The van der Waals surface area contributed by atoms with Crippen molar-refractivity contribution < 1.29 is 19.0 Å². The smallest absolute Gasteiger partial charge is 0.347 e. The van der Waals surface area contributed by atoms with Crippen LogP contribution in [0.1, 0.15) is 15.4 Å². The second-order valence-corrected chi connectivity index (χ2v) is 6.92. The molecule has 2 aromatic carbocycles. The molecule has 0 aliphatic carbocycles. The summed E-state index contributed by atoms with van der Waals surface area (Å²) in [7, 11) is 0. The Morgan fingerprint density at radius 3 is 2.71 bits per heavy atom. The van der Waals surface area contributed by atoms with Gasteiger partial charge in [-0.3, -0.25) is 0 Å². The molecular weight excluding hydrogens is 381 g/mol. The number of ether oxygens (including phenoxy) is 1. The maximum atomic E-state index is 14.0. The van der Waals surface area contributed by atoms with Gasteiger partial charge in [-0.15, -0.1) is 11.3 Å². The highest BCUT2D eigenvalue weighted by Crippen LogP contribution is 2.35. The first-order chi connectivity index (χ1) is 13.5. The fourth-order valence-electron chi connectivity index (χ4n) is 2.70. The van der Waals surface area contributed by atoms with Gasteiger partial charge in [0.05, 0.1) is 17.7 Å². The van der Waals surface area contributed by atoms with Gasteiger partial charge in [0.15, 0.2) is 17.3 Å². The summed E-state index contributed by atoms with van der Waals surface area (Å²) in [4.78, 5) is 19.9. The molecule has 4 aromatic rings. The zero-order valence-corrected chi connectivity index (χ0v) is 15.5. The Balaban J connectivity index is 1.80. The van der Waals surface area contributed by atoms with Crippen LogP contribution in [-0.2, 0) is 0 Å². The molecule has 8 heteroatoms. The van der Waals surface area contributed by atoms with Gasteiger partial charge in [0.1, 0.15) is 9.88 Å². The Hall–Kier alpha value is -3.52. The number of aromatic carboxylic acids is 1. The normalized spacial score (nSPS) is 10.8. The van der Waals surface area contributed by atoms with E-state index in [0.29, 0.717) is 22.1 Å². The highest BCUT2D eigenvalue weighted by molar-refractivity contribution is 7.17. The molecule has 0 unspecified atom stereocenters. The summed E-state index contributed by atoms with van der Waals surface area (Å²) in [5.74, 6) is -0.936. The number of aromatic nitrogens is 3. The molecule has 4 rings (SSSR count). The van der Waals surface area contributed by atoms with E-state index in [1.165, 1.54) is 6.07 Å². The molecule has 0 aliphatic rings. The van der Waals surface area contributed by atoms with E-state index in [1.807, 2.05) is 6.07 Å². The Morgan fingerprint density at radius 2 is 2.04 bits per heavy atom. The third kappa shape index (κ3) is 3.37. The molecule has 0 saturated carbocycles. The van der Waals surface area contributed by atoms with Crippen molar-refractivity contribution in [1.29, 1.82) is 0 Å². The number of imidazole rings is 1. The van der Waals surface area contributed by atoms with E-state index in [-0.39, 0.29) is 10.6 Å². The topological polar surface area (TPSA) is 77.2 Å². The van der Waals surface area contributed by atoms with Crippen LogP contribution in [0.3, 0.4) is 0 Å². The second-order valence-electron chi connectivity index (χ2n) is 5.92. The summed E-state index contributed by atoms with van der Waals surface area (Å²) < 4.78 is 21.5. The van der Waals surface area contributed by atoms with Crippen LogP contribution in [-0.4, -0.2) is 25.6 Å². The van der Waals surface area contributed by atoms with Crippen molar-refractivity contribution in [3.05, 3.63) is 77.6 Å². The molecule has 0 amide bonds. The van der Waals surface area contributed by atoms with Gasteiger partial charge in [0.25, 0.3) is 0 Å². The first-order valence-corrected chi connectivity index (χ1v) is 9.10. The predicted octanol–water partition coefficient (Wildman–Crippen LogP) is 4.93. The number of carboxylic acids is 1. The van der Waals surface area contributed by atoms with Crippen LogP contribution in [0.4, 0.5) is 4.39 Å².